The van der Waals surface area contributed by atoms with Gasteiger partial charge in [-0.2, -0.15) is 0 Å². The minimum absolute atomic E-state index is 0.0134. The van der Waals surface area contributed by atoms with Gasteiger partial charge in [0.2, 0.25) is 0 Å². The minimum atomic E-state index is 0.0134. The van der Waals surface area contributed by atoms with Crippen LogP contribution in [0.4, 0.5) is 0 Å². The van der Waals surface area contributed by atoms with Crippen LogP contribution in [0.5, 0.6) is 0 Å². The Morgan fingerprint density at radius 1 is 1.42 bits per heavy atom. The molecule has 0 saturated carbocycles. The number of rotatable bonds is 6. The molecule has 2 N–H and O–H groups in total. The van der Waals surface area contributed by atoms with Crippen LogP contribution in [0, 0.1) is 0 Å². The molecule has 112 valence electrons. The summed E-state index contributed by atoms with van der Waals surface area (Å²) in [6.45, 7) is 12.2. The highest BCUT2D eigenvalue weighted by Gasteiger charge is 2.15. The lowest BCUT2D eigenvalue weighted by Crippen LogP contribution is -2.47. The molecular formula is C14H29N3O2. The van der Waals surface area contributed by atoms with Crippen molar-refractivity contribution in [1.82, 2.24) is 10.6 Å². The van der Waals surface area contributed by atoms with E-state index in [1.807, 2.05) is 0 Å². The Labute approximate surface area is 117 Å². The first-order valence-electron chi connectivity index (χ1n) is 7.27. The zero-order chi connectivity index (χ0) is 14.1. The number of ether oxygens (including phenoxy) is 2. The number of hydrogen-bond acceptors (Lipinski definition) is 3. The summed E-state index contributed by atoms with van der Waals surface area (Å²) in [6.07, 6.45) is 2.58. The second kappa shape index (κ2) is 8.38. The Balaban J connectivity index is 2.18. The molecule has 0 bridgehead atoms. The van der Waals surface area contributed by atoms with Crippen LogP contribution in [-0.4, -0.2) is 50.5 Å². The van der Waals surface area contributed by atoms with Gasteiger partial charge in [0.25, 0.3) is 0 Å². The zero-order valence-electron chi connectivity index (χ0n) is 12.8. The fourth-order valence-corrected chi connectivity index (χ4v) is 1.87. The van der Waals surface area contributed by atoms with E-state index in [0.29, 0.717) is 25.9 Å². The van der Waals surface area contributed by atoms with Crippen LogP contribution in [-0.2, 0) is 9.47 Å². The van der Waals surface area contributed by atoms with Crippen molar-refractivity contribution in [3.8, 4) is 0 Å². The maximum atomic E-state index is 5.59. The van der Waals surface area contributed by atoms with Gasteiger partial charge < -0.3 is 20.1 Å². The Kier molecular flexibility index (Phi) is 7.16. The molecular weight excluding hydrogens is 242 g/mol. The van der Waals surface area contributed by atoms with E-state index in [1.54, 1.807) is 0 Å². The van der Waals surface area contributed by atoms with E-state index < -0.39 is 0 Å². The van der Waals surface area contributed by atoms with Crippen molar-refractivity contribution in [1.29, 1.82) is 0 Å². The van der Waals surface area contributed by atoms with Crippen LogP contribution < -0.4 is 10.6 Å². The van der Waals surface area contributed by atoms with Gasteiger partial charge in [-0.15, -0.1) is 0 Å². The molecule has 1 unspecified atom stereocenters. The molecule has 0 aliphatic carbocycles. The molecule has 1 aliphatic rings. The van der Waals surface area contributed by atoms with E-state index in [1.165, 1.54) is 0 Å². The molecule has 1 rings (SSSR count). The van der Waals surface area contributed by atoms with Gasteiger partial charge in [-0.25, -0.2) is 0 Å². The van der Waals surface area contributed by atoms with Crippen molar-refractivity contribution in [2.45, 2.75) is 52.2 Å². The smallest absolute Gasteiger partial charge is 0.191 e. The lowest BCUT2D eigenvalue weighted by Gasteiger charge is -2.23. The van der Waals surface area contributed by atoms with Crippen LogP contribution in [0.1, 0.15) is 40.5 Å². The molecule has 0 radical (unpaired) electrons. The number of guanidine groups is 1. The third kappa shape index (κ3) is 8.06. The Morgan fingerprint density at radius 3 is 2.79 bits per heavy atom. The van der Waals surface area contributed by atoms with Gasteiger partial charge >= 0.3 is 0 Å². The molecule has 1 heterocycles. The summed E-state index contributed by atoms with van der Waals surface area (Å²) < 4.78 is 11.1. The molecule has 19 heavy (non-hydrogen) atoms. The van der Waals surface area contributed by atoms with E-state index in [0.717, 1.165) is 32.0 Å². The Hall–Kier alpha value is -0.810. The van der Waals surface area contributed by atoms with Gasteiger partial charge in [-0.05, 0) is 40.5 Å². The summed E-state index contributed by atoms with van der Waals surface area (Å²) in [5.41, 5.74) is 0.0134. The van der Waals surface area contributed by atoms with Crippen molar-refractivity contribution in [2.24, 2.45) is 4.99 Å². The summed E-state index contributed by atoms with van der Waals surface area (Å²) >= 11 is 0. The summed E-state index contributed by atoms with van der Waals surface area (Å²) in [4.78, 5) is 4.49. The van der Waals surface area contributed by atoms with Crippen molar-refractivity contribution in [3.05, 3.63) is 0 Å². The van der Waals surface area contributed by atoms with Crippen molar-refractivity contribution in [3.63, 3.8) is 0 Å². The summed E-state index contributed by atoms with van der Waals surface area (Å²) in [7, 11) is 0. The van der Waals surface area contributed by atoms with Gasteiger partial charge in [-0.1, -0.05) is 0 Å². The lowest BCUT2D eigenvalue weighted by molar-refractivity contribution is 0.0200. The molecule has 5 nitrogen and oxygen atoms in total. The van der Waals surface area contributed by atoms with Gasteiger partial charge in [0.15, 0.2) is 5.96 Å². The van der Waals surface area contributed by atoms with E-state index in [9.17, 15) is 0 Å². The number of nitrogens with zero attached hydrogens (tertiary/aromatic N) is 1. The van der Waals surface area contributed by atoms with E-state index in [4.69, 9.17) is 9.47 Å². The normalized spacial score (nSPS) is 20.6. The molecule has 1 atom stereocenters. The first-order valence-corrected chi connectivity index (χ1v) is 7.27. The van der Waals surface area contributed by atoms with E-state index in [2.05, 4.69) is 43.3 Å². The summed E-state index contributed by atoms with van der Waals surface area (Å²) in [6, 6.07) is 0. The van der Waals surface area contributed by atoms with Crippen molar-refractivity contribution < 1.29 is 9.47 Å². The van der Waals surface area contributed by atoms with Crippen LogP contribution in [0.15, 0.2) is 4.99 Å². The summed E-state index contributed by atoms with van der Waals surface area (Å²) in [5.74, 6) is 0.843. The Bertz CT molecular complexity index is 268. The lowest BCUT2D eigenvalue weighted by atomic mass is 10.1. The summed E-state index contributed by atoms with van der Waals surface area (Å²) in [5, 5.41) is 6.58. The zero-order valence-corrected chi connectivity index (χ0v) is 12.8. The first kappa shape index (κ1) is 16.2. The fraction of sp³-hybridized carbons (Fsp3) is 0.929. The fourth-order valence-electron chi connectivity index (χ4n) is 1.87. The van der Waals surface area contributed by atoms with Gasteiger partial charge in [-0.3, -0.25) is 4.99 Å². The SMILES string of the molecule is CCNC(=NCCOCC1CCCO1)NC(C)(C)C. The van der Waals surface area contributed by atoms with Crippen LogP contribution in [0.3, 0.4) is 0 Å². The monoisotopic (exact) mass is 271 g/mol. The van der Waals surface area contributed by atoms with E-state index >= 15 is 0 Å². The highest BCUT2D eigenvalue weighted by Crippen LogP contribution is 2.11. The average molecular weight is 271 g/mol. The molecule has 5 heteroatoms. The molecule has 0 aromatic rings. The van der Waals surface area contributed by atoms with Gasteiger partial charge in [0.05, 0.1) is 25.9 Å². The van der Waals surface area contributed by atoms with Crippen LogP contribution in [0.2, 0.25) is 0 Å². The first-order chi connectivity index (χ1) is 9.01. The maximum absolute atomic E-state index is 5.59. The van der Waals surface area contributed by atoms with Crippen LogP contribution in [0.25, 0.3) is 0 Å². The third-order valence-corrected chi connectivity index (χ3v) is 2.67. The second-order valence-corrected chi connectivity index (χ2v) is 5.85. The van der Waals surface area contributed by atoms with Gasteiger partial charge in [0.1, 0.15) is 0 Å². The molecule has 0 amide bonds. The molecule has 1 fully saturated rings. The second-order valence-electron chi connectivity index (χ2n) is 5.85. The molecule has 0 spiro atoms. The molecule has 0 aromatic heterocycles. The molecule has 1 aliphatic heterocycles. The highest BCUT2D eigenvalue weighted by molar-refractivity contribution is 5.80. The quantitative estimate of drug-likeness (QED) is 0.437. The molecule has 1 saturated heterocycles. The van der Waals surface area contributed by atoms with Crippen molar-refractivity contribution >= 4 is 5.96 Å². The van der Waals surface area contributed by atoms with Crippen LogP contribution >= 0.6 is 0 Å². The number of nitrogens with one attached hydrogen (secondary N) is 2. The van der Waals surface area contributed by atoms with Crippen molar-refractivity contribution in [2.75, 3.05) is 32.9 Å². The molecule has 0 aromatic carbocycles. The third-order valence-electron chi connectivity index (χ3n) is 2.67. The standard InChI is InChI=1S/C14H29N3O2/c1-5-15-13(17-14(2,3)4)16-8-10-18-11-12-7-6-9-19-12/h12H,5-11H2,1-4H3,(H2,15,16,17). The Morgan fingerprint density at radius 2 is 2.21 bits per heavy atom. The average Bonchev–Trinajstić information content (AvgIpc) is 2.79. The predicted octanol–water partition coefficient (Wildman–Crippen LogP) is 1.54. The topological polar surface area (TPSA) is 54.9 Å². The highest BCUT2D eigenvalue weighted by atomic mass is 16.5. The van der Waals surface area contributed by atoms with Gasteiger partial charge in [0, 0.05) is 18.7 Å². The largest absolute Gasteiger partial charge is 0.377 e. The number of hydrogen-bond donors (Lipinski definition) is 2. The predicted molar refractivity (Wildman–Crippen MR) is 78.7 cm³/mol. The number of aliphatic imine (C=N–C) groups is 1. The maximum Gasteiger partial charge on any atom is 0.191 e. The van der Waals surface area contributed by atoms with E-state index in [-0.39, 0.29) is 5.54 Å². The minimum Gasteiger partial charge on any atom is -0.377 e.